The molecule has 0 radical (unpaired) electrons. The minimum atomic E-state index is -0.818. The first kappa shape index (κ1) is 11.2. The van der Waals surface area contributed by atoms with Crippen LogP contribution >= 0.6 is 0 Å². The van der Waals surface area contributed by atoms with Crippen LogP contribution in [0.25, 0.3) is 0 Å². The second-order valence-electron chi connectivity index (χ2n) is 4.21. The molecule has 1 aliphatic carbocycles. The second-order valence-corrected chi connectivity index (χ2v) is 4.21. The highest BCUT2D eigenvalue weighted by atomic mass is 16.4. The molecular weight excluding hydrogens is 180 g/mol. The summed E-state index contributed by atoms with van der Waals surface area (Å²) in [6.45, 7) is 1.85. The van der Waals surface area contributed by atoms with Gasteiger partial charge in [-0.15, -0.1) is 0 Å². The Kier molecular flexibility index (Phi) is 3.67. The zero-order chi connectivity index (χ0) is 10.6. The molecule has 14 heavy (non-hydrogen) atoms. The summed E-state index contributed by atoms with van der Waals surface area (Å²) in [4.78, 5) is 22.2. The average molecular weight is 198 g/mol. The molecule has 0 aromatic rings. The predicted octanol–water partition coefficient (Wildman–Crippen LogP) is 2.25. The molecule has 3 heteroatoms. The third-order valence-corrected chi connectivity index (χ3v) is 3.42. The third kappa shape index (κ3) is 1.97. The van der Waals surface area contributed by atoms with Gasteiger partial charge >= 0.3 is 5.97 Å². The van der Waals surface area contributed by atoms with E-state index in [1.807, 2.05) is 6.92 Å². The fourth-order valence-corrected chi connectivity index (χ4v) is 2.59. The number of aldehydes is 1. The van der Waals surface area contributed by atoms with Gasteiger partial charge in [-0.2, -0.15) is 0 Å². The van der Waals surface area contributed by atoms with Crippen molar-refractivity contribution in [2.75, 3.05) is 0 Å². The molecule has 0 amide bonds. The normalized spacial score (nSPS) is 22.6. The van der Waals surface area contributed by atoms with Gasteiger partial charge in [0.15, 0.2) is 0 Å². The molecule has 0 heterocycles. The molecule has 3 nitrogen and oxygen atoms in total. The lowest BCUT2D eigenvalue weighted by atomic mass is 9.66. The molecule has 1 saturated carbocycles. The molecule has 0 bridgehead atoms. The Morgan fingerprint density at radius 3 is 2.36 bits per heavy atom. The fraction of sp³-hybridized carbons (Fsp3) is 0.818. The van der Waals surface area contributed by atoms with Crippen molar-refractivity contribution in [3.63, 3.8) is 0 Å². The van der Waals surface area contributed by atoms with Crippen LogP contribution in [0.1, 0.15) is 45.4 Å². The monoisotopic (exact) mass is 198 g/mol. The minimum absolute atomic E-state index is 0.486. The number of carbonyl (C=O) groups excluding carboxylic acids is 1. The third-order valence-electron chi connectivity index (χ3n) is 3.42. The first-order chi connectivity index (χ1) is 6.66. The van der Waals surface area contributed by atoms with Gasteiger partial charge in [-0.3, -0.25) is 4.79 Å². The molecular formula is C11H18O3. The highest BCUT2D eigenvalue weighted by Gasteiger charge is 2.42. The molecule has 1 unspecified atom stereocenters. The van der Waals surface area contributed by atoms with Gasteiger partial charge in [-0.1, -0.05) is 26.2 Å². The van der Waals surface area contributed by atoms with Crippen molar-refractivity contribution in [3.8, 4) is 0 Å². The first-order valence-corrected chi connectivity index (χ1v) is 5.35. The van der Waals surface area contributed by atoms with E-state index in [-0.39, 0.29) is 0 Å². The molecule has 1 atom stereocenters. The summed E-state index contributed by atoms with van der Waals surface area (Å²) in [7, 11) is 0. The van der Waals surface area contributed by atoms with Gasteiger partial charge in [0.05, 0.1) is 5.92 Å². The van der Waals surface area contributed by atoms with E-state index in [4.69, 9.17) is 5.11 Å². The van der Waals surface area contributed by atoms with Gasteiger partial charge in [0.25, 0.3) is 0 Å². The van der Waals surface area contributed by atoms with E-state index in [2.05, 4.69) is 0 Å². The van der Waals surface area contributed by atoms with Crippen molar-refractivity contribution in [1.82, 2.24) is 0 Å². The van der Waals surface area contributed by atoms with Crippen LogP contribution in [0.4, 0.5) is 0 Å². The average Bonchev–Trinajstić information content (AvgIpc) is 2.19. The van der Waals surface area contributed by atoms with Crippen molar-refractivity contribution in [3.05, 3.63) is 0 Å². The minimum Gasteiger partial charge on any atom is -0.481 e. The van der Waals surface area contributed by atoms with E-state index >= 15 is 0 Å². The van der Waals surface area contributed by atoms with Crippen molar-refractivity contribution < 1.29 is 14.7 Å². The first-order valence-electron chi connectivity index (χ1n) is 5.35. The van der Waals surface area contributed by atoms with Crippen molar-refractivity contribution >= 4 is 12.3 Å². The second kappa shape index (κ2) is 4.58. The van der Waals surface area contributed by atoms with Crippen LogP contribution in [0, 0.1) is 11.3 Å². The molecule has 1 aliphatic rings. The standard InChI is InChI=1S/C11H18O3/c1-2-9(10(13)14)11(8-12)6-4-3-5-7-11/h8-9H,2-7H2,1H3,(H,13,14). The lowest BCUT2D eigenvalue weighted by Crippen LogP contribution is -2.38. The molecule has 0 spiro atoms. The maximum absolute atomic E-state index is 11.1. The lowest BCUT2D eigenvalue weighted by molar-refractivity contribution is -0.151. The summed E-state index contributed by atoms with van der Waals surface area (Å²) < 4.78 is 0. The van der Waals surface area contributed by atoms with Crippen LogP contribution in [-0.2, 0) is 9.59 Å². The van der Waals surface area contributed by atoms with E-state index in [0.29, 0.717) is 6.42 Å². The zero-order valence-corrected chi connectivity index (χ0v) is 8.66. The summed E-state index contributed by atoms with van der Waals surface area (Å²) in [6.07, 6.45) is 6.06. The summed E-state index contributed by atoms with van der Waals surface area (Å²) >= 11 is 0. The molecule has 0 saturated heterocycles. The van der Waals surface area contributed by atoms with E-state index in [0.717, 1.165) is 38.4 Å². The summed E-state index contributed by atoms with van der Waals surface area (Å²) in [5, 5.41) is 9.06. The maximum Gasteiger partial charge on any atom is 0.307 e. The van der Waals surface area contributed by atoms with Crippen LogP contribution in [0.2, 0.25) is 0 Å². The Labute approximate surface area is 84.5 Å². The number of carboxylic acids is 1. The Bertz CT molecular complexity index is 217. The van der Waals surface area contributed by atoms with Crippen molar-refractivity contribution in [2.45, 2.75) is 45.4 Å². The lowest BCUT2D eigenvalue weighted by Gasteiger charge is -2.36. The van der Waals surface area contributed by atoms with Crippen LogP contribution in [0.15, 0.2) is 0 Å². The highest BCUT2D eigenvalue weighted by Crippen LogP contribution is 2.42. The topological polar surface area (TPSA) is 54.4 Å². The Balaban J connectivity index is 2.84. The molecule has 1 rings (SSSR count). The van der Waals surface area contributed by atoms with Gasteiger partial charge in [-0.25, -0.2) is 0 Å². The maximum atomic E-state index is 11.1. The molecule has 0 aliphatic heterocycles. The molecule has 0 aromatic carbocycles. The van der Waals surface area contributed by atoms with Crippen molar-refractivity contribution in [1.29, 1.82) is 0 Å². The summed E-state index contributed by atoms with van der Waals surface area (Å²) in [5.74, 6) is -1.30. The van der Waals surface area contributed by atoms with Crippen LogP contribution in [0.5, 0.6) is 0 Å². The summed E-state index contributed by atoms with van der Waals surface area (Å²) in [5.41, 5.74) is -0.571. The van der Waals surface area contributed by atoms with Crippen LogP contribution < -0.4 is 0 Å². The Hall–Kier alpha value is -0.860. The van der Waals surface area contributed by atoms with Crippen molar-refractivity contribution in [2.24, 2.45) is 11.3 Å². The molecule has 80 valence electrons. The SMILES string of the molecule is CCC(C(=O)O)C1(C=O)CCCCC1. The molecule has 0 aromatic heterocycles. The smallest absolute Gasteiger partial charge is 0.307 e. The number of rotatable bonds is 4. The number of carboxylic acid groups (broad SMARTS) is 1. The van der Waals surface area contributed by atoms with Gasteiger partial charge in [0.2, 0.25) is 0 Å². The van der Waals surface area contributed by atoms with Crippen LogP contribution in [0.3, 0.4) is 0 Å². The highest BCUT2D eigenvalue weighted by molar-refractivity contribution is 5.77. The Morgan fingerprint density at radius 1 is 1.43 bits per heavy atom. The summed E-state index contributed by atoms with van der Waals surface area (Å²) in [6, 6.07) is 0. The molecule has 1 fully saturated rings. The Morgan fingerprint density at radius 2 is 2.00 bits per heavy atom. The van der Waals surface area contributed by atoms with E-state index in [9.17, 15) is 9.59 Å². The van der Waals surface area contributed by atoms with E-state index in [1.165, 1.54) is 0 Å². The molecule has 1 N–H and O–H groups in total. The largest absolute Gasteiger partial charge is 0.481 e. The fourth-order valence-electron chi connectivity index (χ4n) is 2.59. The number of carbonyl (C=O) groups is 2. The van der Waals surface area contributed by atoms with Gasteiger partial charge < -0.3 is 9.90 Å². The zero-order valence-electron chi connectivity index (χ0n) is 8.66. The number of hydrogen-bond acceptors (Lipinski definition) is 2. The van der Waals surface area contributed by atoms with E-state index < -0.39 is 17.3 Å². The quantitative estimate of drug-likeness (QED) is 0.705. The number of aliphatic carboxylic acids is 1. The van der Waals surface area contributed by atoms with Crippen LogP contribution in [-0.4, -0.2) is 17.4 Å². The van der Waals surface area contributed by atoms with Gasteiger partial charge in [0.1, 0.15) is 6.29 Å². The van der Waals surface area contributed by atoms with Gasteiger partial charge in [-0.05, 0) is 19.3 Å². The predicted molar refractivity (Wildman–Crippen MR) is 53.0 cm³/mol. The van der Waals surface area contributed by atoms with Gasteiger partial charge in [0, 0.05) is 5.41 Å². The van der Waals surface area contributed by atoms with E-state index in [1.54, 1.807) is 0 Å². The number of hydrogen-bond donors (Lipinski definition) is 1.